The first kappa shape index (κ1) is 17.9. The standard InChI is InChI=1S/C15H24N2O.ClH/c1-3-7-14(13-8-5-4-6-9-13)17-15(18)11-10-12(2)16;/h4-6,8-9,12,14H,3,7,10-11,16H2,1-2H3,(H,17,18);1H. The van der Waals surface area contributed by atoms with E-state index in [0.717, 1.165) is 19.3 Å². The van der Waals surface area contributed by atoms with E-state index >= 15 is 0 Å². The van der Waals surface area contributed by atoms with Crippen LogP contribution in [0.3, 0.4) is 0 Å². The number of carbonyl (C=O) groups excluding carboxylic acids is 1. The van der Waals surface area contributed by atoms with Crippen molar-refractivity contribution in [2.45, 2.75) is 51.6 Å². The molecule has 0 aliphatic heterocycles. The van der Waals surface area contributed by atoms with Crippen LogP contribution < -0.4 is 11.1 Å². The van der Waals surface area contributed by atoms with Gasteiger partial charge in [0.25, 0.3) is 0 Å². The third-order valence-corrected chi connectivity index (χ3v) is 2.94. The predicted octanol–water partition coefficient (Wildman–Crippen LogP) is 3.19. The fourth-order valence-electron chi connectivity index (χ4n) is 1.92. The molecule has 1 rings (SSSR count). The second-order valence-corrected chi connectivity index (χ2v) is 4.84. The predicted molar refractivity (Wildman–Crippen MR) is 82.4 cm³/mol. The van der Waals surface area contributed by atoms with E-state index in [1.807, 2.05) is 25.1 Å². The lowest BCUT2D eigenvalue weighted by atomic mass is 10.0. The van der Waals surface area contributed by atoms with Gasteiger partial charge in [0.2, 0.25) is 5.91 Å². The lowest BCUT2D eigenvalue weighted by Crippen LogP contribution is -2.29. The molecule has 1 amide bonds. The van der Waals surface area contributed by atoms with Crippen LogP contribution in [0.25, 0.3) is 0 Å². The first-order valence-electron chi connectivity index (χ1n) is 6.73. The van der Waals surface area contributed by atoms with Crippen molar-refractivity contribution in [3.8, 4) is 0 Å². The zero-order valence-electron chi connectivity index (χ0n) is 11.8. The Morgan fingerprint density at radius 1 is 1.26 bits per heavy atom. The van der Waals surface area contributed by atoms with Crippen molar-refractivity contribution in [2.75, 3.05) is 0 Å². The topological polar surface area (TPSA) is 55.1 Å². The van der Waals surface area contributed by atoms with Gasteiger partial charge in [0, 0.05) is 12.5 Å². The van der Waals surface area contributed by atoms with E-state index in [1.54, 1.807) is 0 Å². The van der Waals surface area contributed by atoms with Gasteiger partial charge in [-0.3, -0.25) is 4.79 Å². The number of halogens is 1. The molecule has 4 heteroatoms. The fraction of sp³-hybridized carbons (Fsp3) is 0.533. The van der Waals surface area contributed by atoms with E-state index in [0.29, 0.717) is 6.42 Å². The number of rotatable bonds is 7. The summed E-state index contributed by atoms with van der Waals surface area (Å²) < 4.78 is 0. The molecule has 0 heterocycles. The highest BCUT2D eigenvalue weighted by Gasteiger charge is 2.13. The van der Waals surface area contributed by atoms with E-state index in [-0.39, 0.29) is 30.4 Å². The lowest BCUT2D eigenvalue weighted by Gasteiger charge is -2.19. The van der Waals surface area contributed by atoms with Crippen LogP contribution in [0, 0.1) is 0 Å². The van der Waals surface area contributed by atoms with Gasteiger partial charge in [-0.2, -0.15) is 0 Å². The molecular weight excluding hydrogens is 260 g/mol. The number of hydrogen-bond donors (Lipinski definition) is 2. The Hall–Kier alpha value is -1.06. The molecule has 0 fully saturated rings. The van der Waals surface area contributed by atoms with Gasteiger partial charge in [0.05, 0.1) is 6.04 Å². The first-order chi connectivity index (χ1) is 8.63. The molecule has 2 atom stereocenters. The van der Waals surface area contributed by atoms with E-state index in [2.05, 4.69) is 24.4 Å². The highest BCUT2D eigenvalue weighted by Crippen LogP contribution is 2.18. The van der Waals surface area contributed by atoms with Gasteiger partial charge < -0.3 is 11.1 Å². The minimum absolute atomic E-state index is 0. The fourth-order valence-corrected chi connectivity index (χ4v) is 1.92. The molecule has 0 saturated carbocycles. The second kappa shape index (κ2) is 9.82. The SMILES string of the molecule is CCCC(NC(=O)CCC(C)N)c1ccccc1.Cl. The first-order valence-corrected chi connectivity index (χ1v) is 6.73. The Bertz CT molecular complexity index is 354. The van der Waals surface area contributed by atoms with E-state index in [1.165, 1.54) is 5.56 Å². The maximum atomic E-state index is 11.8. The number of nitrogens with two attached hydrogens (primary N) is 1. The minimum Gasteiger partial charge on any atom is -0.349 e. The second-order valence-electron chi connectivity index (χ2n) is 4.84. The Balaban J connectivity index is 0.00000324. The molecular formula is C15H25ClN2O. The van der Waals surface area contributed by atoms with E-state index in [9.17, 15) is 4.79 Å². The summed E-state index contributed by atoms with van der Waals surface area (Å²) in [4.78, 5) is 11.8. The molecule has 0 spiro atoms. The number of carbonyl (C=O) groups is 1. The monoisotopic (exact) mass is 284 g/mol. The van der Waals surface area contributed by atoms with E-state index < -0.39 is 0 Å². The zero-order chi connectivity index (χ0) is 13.4. The van der Waals surface area contributed by atoms with Crippen molar-refractivity contribution in [1.29, 1.82) is 0 Å². The van der Waals surface area contributed by atoms with Crippen molar-refractivity contribution >= 4 is 18.3 Å². The summed E-state index contributed by atoms with van der Waals surface area (Å²) in [6.45, 7) is 4.05. The molecule has 3 nitrogen and oxygen atoms in total. The maximum Gasteiger partial charge on any atom is 0.220 e. The average Bonchev–Trinajstić information content (AvgIpc) is 2.37. The Morgan fingerprint density at radius 2 is 1.89 bits per heavy atom. The van der Waals surface area contributed by atoms with Crippen LogP contribution in [0.1, 0.15) is 51.1 Å². The minimum atomic E-state index is 0. The van der Waals surface area contributed by atoms with Crippen molar-refractivity contribution in [1.82, 2.24) is 5.32 Å². The molecule has 0 aliphatic rings. The highest BCUT2D eigenvalue weighted by atomic mass is 35.5. The molecule has 1 aromatic carbocycles. The van der Waals surface area contributed by atoms with Crippen LogP contribution in [-0.4, -0.2) is 11.9 Å². The van der Waals surface area contributed by atoms with Crippen LogP contribution >= 0.6 is 12.4 Å². The number of nitrogens with one attached hydrogen (secondary N) is 1. The van der Waals surface area contributed by atoms with Crippen LogP contribution in [0.4, 0.5) is 0 Å². The van der Waals surface area contributed by atoms with Crippen LogP contribution in [-0.2, 0) is 4.79 Å². The van der Waals surface area contributed by atoms with Gasteiger partial charge in [-0.25, -0.2) is 0 Å². The summed E-state index contributed by atoms with van der Waals surface area (Å²) in [7, 11) is 0. The third-order valence-electron chi connectivity index (χ3n) is 2.94. The van der Waals surface area contributed by atoms with Crippen molar-refractivity contribution in [3.05, 3.63) is 35.9 Å². The molecule has 0 aliphatic carbocycles. The molecule has 1 aromatic rings. The molecule has 108 valence electrons. The van der Waals surface area contributed by atoms with Gasteiger partial charge in [-0.05, 0) is 25.3 Å². The molecule has 0 radical (unpaired) electrons. The van der Waals surface area contributed by atoms with E-state index in [4.69, 9.17) is 5.73 Å². The van der Waals surface area contributed by atoms with Gasteiger partial charge in [-0.15, -0.1) is 12.4 Å². The largest absolute Gasteiger partial charge is 0.349 e. The van der Waals surface area contributed by atoms with Gasteiger partial charge >= 0.3 is 0 Å². The number of amides is 1. The molecule has 19 heavy (non-hydrogen) atoms. The summed E-state index contributed by atoms with van der Waals surface area (Å²) >= 11 is 0. The Kier molecular flexibility index (Phi) is 9.27. The zero-order valence-corrected chi connectivity index (χ0v) is 12.6. The van der Waals surface area contributed by atoms with Gasteiger partial charge in [-0.1, -0.05) is 43.7 Å². The smallest absolute Gasteiger partial charge is 0.220 e. The van der Waals surface area contributed by atoms with Crippen LogP contribution in [0.15, 0.2) is 30.3 Å². The normalized spacial score (nSPS) is 13.2. The maximum absolute atomic E-state index is 11.8. The summed E-state index contributed by atoms with van der Waals surface area (Å²) in [6, 6.07) is 10.3. The molecule has 0 saturated heterocycles. The van der Waals surface area contributed by atoms with Gasteiger partial charge in [0.15, 0.2) is 0 Å². The molecule has 2 unspecified atom stereocenters. The average molecular weight is 285 g/mol. The molecule has 0 bridgehead atoms. The number of hydrogen-bond acceptors (Lipinski definition) is 2. The summed E-state index contributed by atoms with van der Waals surface area (Å²) in [5.74, 6) is 0.0922. The Labute approximate surface area is 122 Å². The Morgan fingerprint density at radius 3 is 2.42 bits per heavy atom. The van der Waals surface area contributed by atoms with Crippen LogP contribution in [0.5, 0.6) is 0 Å². The summed E-state index contributed by atoms with van der Waals surface area (Å²) in [5, 5.41) is 3.10. The van der Waals surface area contributed by atoms with Crippen molar-refractivity contribution in [2.24, 2.45) is 5.73 Å². The highest BCUT2D eigenvalue weighted by molar-refractivity contribution is 5.85. The van der Waals surface area contributed by atoms with Crippen molar-refractivity contribution in [3.63, 3.8) is 0 Å². The van der Waals surface area contributed by atoms with Crippen molar-refractivity contribution < 1.29 is 4.79 Å². The molecule has 0 aromatic heterocycles. The molecule has 3 N–H and O–H groups in total. The van der Waals surface area contributed by atoms with Gasteiger partial charge in [0.1, 0.15) is 0 Å². The lowest BCUT2D eigenvalue weighted by molar-refractivity contribution is -0.122. The number of benzene rings is 1. The third kappa shape index (κ3) is 7.19. The summed E-state index contributed by atoms with van der Waals surface area (Å²) in [5.41, 5.74) is 6.84. The quantitative estimate of drug-likeness (QED) is 0.808. The summed E-state index contributed by atoms with van der Waals surface area (Å²) in [6.07, 6.45) is 3.26. The van der Waals surface area contributed by atoms with Crippen LogP contribution in [0.2, 0.25) is 0 Å².